The van der Waals surface area contributed by atoms with Crippen LogP contribution in [0.2, 0.25) is 0 Å². The molecule has 1 atom stereocenters. The minimum absolute atomic E-state index is 0.391. The van der Waals surface area contributed by atoms with Crippen LogP contribution in [-0.4, -0.2) is 24.3 Å². The van der Waals surface area contributed by atoms with Gasteiger partial charge < -0.3 is 9.84 Å². The van der Waals surface area contributed by atoms with Crippen molar-refractivity contribution in [3.8, 4) is 0 Å². The molecule has 0 fully saturated rings. The first-order valence-electron chi connectivity index (χ1n) is 3.56. The van der Waals surface area contributed by atoms with E-state index in [9.17, 15) is 4.79 Å². The van der Waals surface area contributed by atoms with Gasteiger partial charge in [-0.1, -0.05) is 6.92 Å². The Balaban J connectivity index is 4.09. The summed E-state index contributed by atoms with van der Waals surface area (Å²) in [5.41, 5.74) is 0.446. The molecule has 3 nitrogen and oxygen atoms in total. The van der Waals surface area contributed by atoms with Crippen LogP contribution < -0.4 is 0 Å². The predicted octanol–water partition coefficient (Wildman–Crippen LogP) is 0.877. The molecule has 1 unspecified atom stereocenters. The topological polar surface area (TPSA) is 46.5 Å². The Morgan fingerprint density at radius 2 is 2.27 bits per heavy atom. The fraction of sp³-hybridized carbons (Fsp3) is 0.625. The molecule has 0 saturated carbocycles. The molecule has 64 valence electrons. The van der Waals surface area contributed by atoms with Crippen LogP contribution in [0.4, 0.5) is 0 Å². The second-order valence-electron chi connectivity index (χ2n) is 2.32. The summed E-state index contributed by atoms with van der Waals surface area (Å²) in [5, 5.41) is 9.09. The molecule has 0 saturated heterocycles. The summed E-state index contributed by atoms with van der Waals surface area (Å²) in [4.78, 5) is 10.8. The van der Waals surface area contributed by atoms with Gasteiger partial charge >= 0.3 is 5.97 Å². The number of esters is 1. The first kappa shape index (κ1) is 10.2. The summed E-state index contributed by atoms with van der Waals surface area (Å²) in [7, 11) is 1.32. The number of aliphatic hydroxyl groups is 1. The van der Waals surface area contributed by atoms with Crippen LogP contribution in [0.25, 0.3) is 0 Å². The third kappa shape index (κ3) is 3.78. The van der Waals surface area contributed by atoms with Gasteiger partial charge in [0.05, 0.1) is 13.2 Å². The fourth-order valence-electron chi connectivity index (χ4n) is 0.635. The van der Waals surface area contributed by atoms with Crippen molar-refractivity contribution in [3.05, 3.63) is 11.6 Å². The molecular weight excluding hydrogens is 144 g/mol. The summed E-state index contributed by atoms with van der Waals surface area (Å²) in [6.45, 7) is 3.45. The molecule has 0 bridgehead atoms. The maximum atomic E-state index is 10.8. The van der Waals surface area contributed by atoms with Gasteiger partial charge in [-0.2, -0.15) is 0 Å². The van der Waals surface area contributed by atoms with E-state index >= 15 is 0 Å². The maximum absolute atomic E-state index is 10.8. The molecule has 11 heavy (non-hydrogen) atoms. The zero-order valence-corrected chi connectivity index (χ0v) is 7.13. The van der Waals surface area contributed by atoms with Crippen LogP contribution >= 0.6 is 0 Å². The Morgan fingerprint density at radius 1 is 1.73 bits per heavy atom. The lowest BCUT2D eigenvalue weighted by atomic mass is 10.2. The van der Waals surface area contributed by atoms with Gasteiger partial charge in [0.15, 0.2) is 0 Å². The third-order valence-corrected chi connectivity index (χ3v) is 1.37. The number of methoxy groups -OCH3 is 1. The van der Waals surface area contributed by atoms with Crippen molar-refractivity contribution < 1.29 is 14.6 Å². The lowest BCUT2D eigenvalue weighted by molar-refractivity contribution is -0.136. The van der Waals surface area contributed by atoms with E-state index < -0.39 is 12.1 Å². The number of carbonyl (C=O) groups excluding carboxylic acids is 1. The van der Waals surface area contributed by atoms with Gasteiger partial charge in [-0.05, 0) is 19.4 Å². The van der Waals surface area contributed by atoms with Crippen molar-refractivity contribution in [1.29, 1.82) is 0 Å². The van der Waals surface area contributed by atoms with Gasteiger partial charge in [0.25, 0.3) is 0 Å². The van der Waals surface area contributed by atoms with Crippen molar-refractivity contribution in [2.45, 2.75) is 26.4 Å². The number of carbonyl (C=O) groups is 1. The lowest BCUT2D eigenvalue weighted by Crippen LogP contribution is -2.07. The number of aliphatic hydroxyl groups excluding tert-OH is 1. The van der Waals surface area contributed by atoms with E-state index in [2.05, 4.69) is 4.74 Å². The second-order valence-corrected chi connectivity index (χ2v) is 2.32. The van der Waals surface area contributed by atoms with E-state index in [4.69, 9.17) is 5.11 Å². The quantitative estimate of drug-likeness (QED) is 0.490. The highest BCUT2D eigenvalue weighted by molar-refractivity contribution is 5.87. The molecule has 0 amide bonds. The molecule has 0 aliphatic rings. The molecular formula is C8H14O3. The van der Waals surface area contributed by atoms with E-state index in [1.54, 1.807) is 6.92 Å². The first-order valence-corrected chi connectivity index (χ1v) is 3.56. The van der Waals surface area contributed by atoms with Crippen LogP contribution in [0.1, 0.15) is 20.3 Å². The molecule has 0 spiro atoms. The molecule has 1 N–H and O–H groups in total. The van der Waals surface area contributed by atoms with Crippen LogP contribution in [0.3, 0.4) is 0 Å². The van der Waals surface area contributed by atoms with Gasteiger partial charge in [-0.3, -0.25) is 0 Å². The number of rotatable bonds is 3. The van der Waals surface area contributed by atoms with Crippen LogP contribution in [0.5, 0.6) is 0 Å². The maximum Gasteiger partial charge on any atom is 0.333 e. The molecule has 3 heteroatoms. The highest BCUT2D eigenvalue weighted by Crippen LogP contribution is 2.00. The smallest absolute Gasteiger partial charge is 0.333 e. The number of hydrogen-bond acceptors (Lipinski definition) is 3. The van der Waals surface area contributed by atoms with Crippen molar-refractivity contribution in [2.24, 2.45) is 0 Å². The summed E-state index contributed by atoms with van der Waals surface area (Å²) in [5.74, 6) is -0.391. The normalized spacial score (nSPS) is 14.4. The zero-order chi connectivity index (χ0) is 8.85. The molecule has 0 rings (SSSR count). The minimum Gasteiger partial charge on any atom is -0.466 e. The van der Waals surface area contributed by atoms with E-state index in [-0.39, 0.29) is 0 Å². The number of hydrogen-bond donors (Lipinski definition) is 1. The standard InChI is InChI=1S/C8H14O3/c1-4-7(9)5-6(2)8(10)11-3/h5,7,9H,4H2,1-3H3/b6-5+. The van der Waals surface area contributed by atoms with Crippen molar-refractivity contribution in [2.75, 3.05) is 7.11 Å². The Kier molecular flexibility index (Phi) is 4.54. The zero-order valence-electron chi connectivity index (χ0n) is 7.13. The third-order valence-electron chi connectivity index (χ3n) is 1.37. The van der Waals surface area contributed by atoms with Crippen LogP contribution in [0.15, 0.2) is 11.6 Å². The summed E-state index contributed by atoms with van der Waals surface area (Å²) in [6.07, 6.45) is 1.55. The SMILES string of the molecule is CCC(O)/C=C(\C)C(=O)OC. The monoisotopic (exact) mass is 158 g/mol. The molecule has 0 heterocycles. The minimum atomic E-state index is -0.547. The van der Waals surface area contributed by atoms with E-state index in [0.29, 0.717) is 12.0 Å². The average molecular weight is 158 g/mol. The van der Waals surface area contributed by atoms with Crippen molar-refractivity contribution >= 4 is 5.97 Å². The van der Waals surface area contributed by atoms with Gasteiger partial charge in [0, 0.05) is 5.57 Å². The summed E-state index contributed by atoms with van der Waals surface area (Å²) in [6, 6.07) is 0. The molecule has 0 aliphatic carbocycles. The average Bonchev–Trinajstić information content (AvgIpc) is 2.02. The van der Waals surface area contributed by atoms with Gasteiger partial charge in [0.1, 0.15) is 0 Å². The van der Waals surface area contributed by atoms with Crippen molar-refractivity contribution in [1.82, 2.24) is 0 Å². The fourth-order valence-corrected chi connectivity index (χ4v) is 0.635. The molecule has 0 aromatic rings. The highest BCUT2D eigenvalue weighted by atomic mass is 16.5. The van der Waals surface area contributed by atoms with Gasteiger partial charge in [0.2, 0.25) is 0 Å². The first-order chi connectivity index (χ1) is 5.11. The van der Waals surface area contributed by atoms with Gasteiger partial charge in [-0.15, -0.1) is 0 Å². The summed E-state index contributed by atoms with van der Waals surface area (Å²) < 4.78 is 4.44. The van der Waals surface area contributed by atoms with Gasteiger partial charge in [-0.25, -0.2) is 4.79 Å². The largest absolute Gasteiger partial charge is 0.466 e. The Labute approximate surface area is 66.7 Å². The Bertz CT molecular complexity index is 161. The molecule has 0 aromatic carbocycles. The van der Waals surface area contributed by atoms with Crippen LogP contribution in [-0.2, 0) is 9.53 Å². The van der Waals surface area contributed by atoms with Crippen LogP contribution in [0, 0.1) is 0 Å². The molecule has 0 radical (unpaired) electrons. The predicted molar refractivity (Wildman–Crippen MR) is 42.1 cm³/mol. The highest BCUT2D eigenvalue weighted by Gasteiger charge is 2.04. The second kappa shape index (κ2) is 4.91. The molecule has 0 aromatic heterocycles. The number of ether oxygens (including phenoxy) is 1. The summed E-state index contributed by atoms with van der Waals surface area (Å²) >= 11 is 0. The molecule has 0 aliphatic heterocycles. The Hall–Kier alpha value is -0.830. The van der Waals surface area contributed by atoms with E-state index in [1.807, 2.05) is 6.92 Å². The van der Waals surface area contributed by atoms with Crippen molar-refractivity contribution in [3.63, 3.8) is 0 Å². The van der Waals surface area contributed by atoms with E-state index in [0.717, 1.165) is 0 Å². The van der Waals surface area contributed by atoms with E-state index in [1.165, 1.54) is 13.2 Å². The Morgan fingerprint density at radius 3 is 2.64 bits per heavy atom. The lowest BCUT2D eigenvalue weighted by Gasteiger charge is -2.02.